The molecule has 1 aliphatic heterocycles. The molecule has 2 aliphatic rings. The van der Waals surface area contributed by atoms with E-state index in [1.807, 2.05) is 45.0 Å². The zero-order valence-electron chi connectivity index (χ0n) is 20.3. The maximum Gasteiger partial charge on any atom is 0.307 e. The first-order valence-corrected chi connectivity index (χ1v) is 13.7. The molecule has 0 bridgehead atoms. The van der Waals surface area contributed by atoms with Crippen molar-refractivity contribution in [3.05, 3.63) is 35.9 Å². The Kier molecular flexibility index (Phi) is 6.77. The Morgan fingerprint density at radius 1 is 1.21 bits per heavy atom. The molecule has 186 valence electrons. The molecule has 3 atom stereocenters. The molecule has 1 aliphatic carbocycles. The molecule has 1 saturated heterocycles. The number of nitrogens with zero attached hydrogens (tertiary/aromatic N) is 3. The summed E-state index contributed by atoms with van der Waals surface area (Å²) in [5, 5.41) is 9.79. The normalized spacial score (nSPS) is 25.2. The highest BCUT2D eigenvalue weighted by atomic mass is 32.2. The van der Waals surface area contributed by atoms with Crippen molar-refractivity contribution in [2.45, 2.75) is 57.5 Å². The van der Waals surface area contributed by atoms with Crippen molar-refractivity contribution in [1.29, 1.82) is 0 Å². The van der Waals surface area contributed by atoms with Gasteiger partial charge in [0.25, 0.3) is 0 Å². The van der Waals surface area contributed by atoms with Crippen molar-refractivity contribution >= 4 is 21.4 Å². The number of benzene rings is 1. The van der Waals surface area contributed by atoms with E-state index in [0.29, 0.717) is 54.8 Å². The van der Waals surface area contributed by atoms with Crippen molar-refractivity contribution in [3.8, 4) is 11.3 Å². The molecule has 0 radical (unpaired) electrons. The number of alkyl halides is 1. The van der Waals surface area contributed by atoms with Crippen molar-refractivity contribution in [3.63, 3.8) is 0 Å². The number of carboxylic acids is 1. The van der Waals surface area contributed by atoms with Gasteiger partial charge >= 0.3 is 5.97 Å². The Morgan fingerprint density at radius 2 is 1.85 bits per heavy atom. The number of carboxylic acid groups (broad SMARTS) is 1. The van der Waals surface area contributed by atoms with Gasteiger partial charge in [-0.3, -0.25) is 4.79 Å². The maximum absolute atomic E-state index is 14.1. The quantitative estimate of drug-likeness (QED) is 0.656. The number of anilines is 1. The molecule has 4 rings (SSSR count). The minimum Gasteiger partial charge on any atom is -0.481 e. The summed E-state index contributed by atoms with van der Waals surface area (Å²) in [6.45, 7) is 7.37. The lowest BCUT2D eigenvalue weighted by Gasteiger charge is -2.30. The zero-order chi connectivity index (χ0) is 24.7. The Balaban J connectivity index is 1.67. The van der Waals surface area contributed by atoms with E-state index in [4.69, 9.17) is 9.40 Å². The van der Waals surface area contributed by atoms with Gasteiger partial charge in [-0.25, -0.2) is 17.9 Å². The second kappa shape index (κ2) is 9.32. The Labute approximate surface area is 200 Å². The van der Waals surface area contributed by atoms with Crippen molar-refractivity contribution in [1.82, 2.24) is 4.98 Å². The first-order valence-electron chi connectivity index (χ1n) is 11.8. The van der Waals surface area contributed by atoms with Gasteiger partial charge in [-0.15, -0.1) is 0 Å². The second-order valence-corrected chi connectivity index (χ2v) is 13.1. The molecular formula is C25H34FN3O4S. The fourth-order valence-corrected chi connectivity index (χ4v) is 6.39. The summed E-state index contributed by atoms with van der Waals surface area (Å²) < 4.78 is 36.9. The van der Waals surface area contributed by atoms with E-state index in [-0.39, 0.29) is 11.8 Å². The standard InChI is InChI=1S/C25H34FN3O4S/c1-25(2,3)24-28-21(19-10-7-17(26)15-20(19)23(30)31)22(33-24)16-5-8-18(9-6-16)29-11-13-34(32,27-4)14-12-29/h5-6,8-9,17,19-20H,7,10-15H2,1-4H3,(H,30,31). The third-order valence-electron chi connectivity index (χ3n) is 6.94. The van der Waals surface area contributed by atoms with Crippen LogP contribution in [0.5, 0.6) is 0 Å². The molecule has 1 aromatic carbocycles. The molecular weight excluding hydrogens is 457 g/mol. The number of halogens is 1. The number of aromatic nitrogens is 1. The van der Waals surface area contributed by atoms with E-state index in [9.17, 15) is 18.5 Å². The van der Waals surface area contributed by atoms with E-state index in [1.165, 1.54) is 0 Å². The van der Waals surface area contributed by atoms with Crippen LogP contribution in [0.3, 0.4) is 0 Å². The smallest absolute Gasteiger partial charge is 0.307 e. The highest BCUT2D eigenvalue weighted by molar-refractivity contribution is 7.93. The lowest BCUT2D eigenvalue weighted by Crippen LogP contribution is -2.40. The summed E-state index contributed by atoms with van der Waals surface area (Å²) in [5.74, 6) is 0.00708. The molecule has 1 N–H and O–H groups in total. The predicted octanol–water partition coefficient (Wildman–Crippen LogP) is 4.86. The number of hydrogen-bond donors (Lipinski definition) is 1. The molecule has 34 heavy (non-hydrogen) atoms. The van der Waals surface area contributed by atoms with Crippen LogP contribution < -0.4 is 4.90 Å². The van der Waals surface area contributed by atoms with Crippen LogP contribution in [-0.2, 0) is 19.9 Å². The summed E-state index contributed by atoms with van der Waals surface area (Å²) in [6, 6.07) is 7.92. The van der Waals surface area contributed by atoms with Gasteiger partial charge in [0.2, 0.25) is 5.89 Å². The molecule has 3 unspecified atom stereocenters. The molecule has 0 spiro atoms. The summed E-state index contributed by atoms with van der Waals surface area (Å²) in [4.78, 5) is 18.9. The van der Waals surface area contributed by atoms with E-state index in [0.717, 1.165) is 11.3 Å². The van der Waals surface area contributed by atoms with E-state index in [2.05, 4.69) is 9.26 Å². The molecule has 1 saturated carbocycles. The topological polar surface area (TPSA) is 96.0 Å². The summed E-state index contributed by atoms with van der Waals surface area (Å²) in [5.41, 5.74) is 2.10. The minimum atomic E-state index is -2.08. The molecule has 7 nitrogen and oxygen atoms in total. The van der Waals surface area contributed by atoms with Gasteiger partial charge in [0, 0.05) is 64.0 Å². The third kappa shape index (κ3) is 4.99. The predicted molar refractivity (Wildman–Crippen MR) is 132 cm³/mol. The van der Waals surface area contributed by atoms with Crippen molar-refractivity contribution in [2.75, 3.05) is 36.5 Å². The largest absolute Gasteiger partial charge is 0.481 e. The van der Waals surface area contributed by atoms with E-state index < -0.39 is 33.7 Å². The third-order valence-corrected chi connectivity index (χ3v) is 9.24. The number of oxazole rings is 1. The molecule has 0 amide bonds. The molecule has 1 aromatic heterocycles. The van der Waals surface area contributed by atoms with Crippen LogP contribution in [0.4, 0.5) is 10.1 Å². The van der Waals surface area contributed by atoms with Gasteiger partial charge in [0.15, 0.2) is 5.76 Å². The fourth-order valence-electron chi connectivity index (χ4n) is 4.81. The van der Waals surface area contributed by atoms with Crippen LogP contribution in [0, 0.1) is 5.92 Å². The van der Waals surface area contributed by atoms with Gasteiger partial charge in [-0.1, -0.05) is 20.8 Å². The Bertz CT molecular complexity index is 1150. The van der Waals surface area contributed by atoms with E-state index in [1.54, 1.807) is 7.05 Å². The SMILES string of the molecule is CN=S1(=O)CCN(c2ccc(-c3oc(C(C)(C)C)nc3C3CCC(F)CC3C(=O)O)cc2)CC1. The molecule has 9 heteroatoms. The van der Waals surface area contributed by atoms with Gasteiger partial charge in [0.05, 0.1) is 11.6 Å². The molecule has 2 fully saturated rings. The maximum atomic E-state index is 14.1. The van der Waals surface area contributed by atoms with E-state index >= 15 is 0 Å². The minimum absolute atomic E-state index is 0.00170. The van der Waals surface area contributed by atoms with Crippen molar-refractivity contribution in [2.24, 2.45) is 10.3 Å². The lowest BCUT2D eigenvalue weighted by molar-refractivity contribution is -0.144. The highest BCUT2D eigenvalue weighted by Crippen LogP contribution is 2.44. The summed E-state index contributed by atoms with van der Waals surface area (Å²) in [6.07, 6.45) is -0.353. The number of hydrogen-bond acceptors (Lipinski definition) is 6. The fraction of sp³-hybridized carbons (Fsp3) is 0.600. The van der Waals surface area contributed by atoms with Gasteiger partial charge in [-0.05, 0) is 43.5 Å². The Morgan fingerprint density at radius 3 is 2.41 bits per heavy atom. The van der Waals surface area contributed by atoms with Gasteiger partial charge in [-0.2, -0.15) is 0 Å². The second-order valence-electron chi connectivity index (χ2n) is 10.3. The van der Waals surface area contributed by atoms with Gasteiger partial charge < -0.3 is 14.4 Å². The number of carbonyl (C=O) groups is 1. The van der Waals surface area contributed by atoms with Crippen LogP contribution in [0.15, 0.2) is 33.0 Å². The van der Waals surface area contributed by atoms with Crippen LogP contribution >= 0.6 is 0 Å². The molecule has 2 heterocycles. The first kappa shape index (κ1) is 24.7. The average Bonchev–Trinajstić information content (AvgIpc) is 3.25. The van der Waals surface area contributed by atoms with Crippen LogP contribution in [0.25, 0.3) is 11.3 Å². The summed E-state index contributed by atoms with van der Waals surface area (Å²) in [7, 11) is -0.453. The Hall–Kier alpha value is -2.42. The highest BCUT2D eigenvalue weighted by Gasteiger charge is 2.40. The monoisotopic (exact) mass is 491 g/mol. The van der Waals surface area contributed by atoms with Crippen LogP contribution in [-0.4, -0.2) is 58.1 Å². The average molecular weight is 492 g/mol. The summed E-state index contributed by atoms with van der Waals surface area (Å²) >= 11 is 0. The number of rotatable bonds is 4. The van der Waals surface area contributed by atoms with Crippen LogP contribution in [0.1, 0.15) is 57.5 Å². The lowest BCUT2D eigenvalue weighted by atomic mass is 9.76. The van der Waals surface area contributed by atoms with Crippen molar-refractivity contribution < 1.29 is 22.9 Å². The van der Waals surface area contributed by atoms with Crippen LogP contribution in [0.2, 0.25) is 0 Å². The zero-order valence-corrected chi connectivity index (χ0v) is 21.1. The first-order chi connectivity index (χ1) is 16.0. The number of aliphatic carboxylic acids is 1. The molecule has 2 aromatic rings. The van der Waals surface area contributed by atoms with Gasteiger partial charge in [0.1, 0.15) is 6.17 Å².